The van der Waals surface area contributed by atoms with Crippen LogP contribution in [0.2, 0.25) is 0 Å². The first-order valence-corrected chi connectivity index (χ1v) is 14.4. The third-order valence-electron chi connectivity index (χ3n) is 8.46. The molecule has 3 heteroatoms. The number of rotatable bonds is 2. The predicted octanol–water partition coefficient (Wildman–Crippen LogP) is 9.56. The Hall–Kier alpha value is -4.47. The van der Waals surface area contributed by atoms with Crippen LogP contribution in [0.5, 0.6) is 0 Å². The van der Waals surface area contributed by atoms with Crippen molar-refractivity contribution in [1.82, 2.24) is 9.13 Å². The monoisotopic (exact) mass is 516 g/mol. The van der Waals surface area contributed by atoms with E-state index in [-0.39, 0.29) is 0 Å². The van der Waals surface area contributed by atoms with Gasteiger partial charge in [-0.05, 0) is 42.0 Å². The maximum atomic E-state index is 2.50. The first-order chi connectivity index (χ1) is 19.4. The zero-order chi connectivity index (χ0) is 25.5. The van der Waals surface area contributed by atoms with E-state index in [4.69, 9.17) is 0 Å². The van der Waals surface area contributed by atoms with Gasteiger partial charge in [0.2, 0.25) is 0 Å². The molecule has 2 nitrogen and oxygen atoms in total. The van der Waals surface area contributed by atoms with Gasteiger partial charge < -0.3 is 9.13 Å². The summed E-state index contributed by atoms with van der Waals surface area (Å²) in [6, 6.07) is 42.0. The van der Waals surface area contributed by atoms with E-state index in [1.165, 1.54) is 65.5 Å². The van der Waals surface area contributed by atoms with Crippen molar-refractivity contribution in [3.8, 4) is 5.69 Å². The summed E-state index contributed by atoms with van der Waals surface area (Å²) in [5, 5.41) is 5.61. The summed E-state index contributed by atoms with van der Waals surface area (Å²) in [6.45, 7) is 0. The molecule has 2 aromatic heterocycles. The lowest BCUT2D eigenvalue weighted by Gasteiger charge is -2.20. The van der Waals surface area contributed by atoms with Gasteiger partial charge in [0, 0.05) is 43.3 Å². The number of para-hydroxylation sites is 4. The second kappa shape index (κ2) is 8.02. The second-order valence-electron chi connectivity index (χ2n) is 10.5. The second-order valence-corrected chi connectivity index (χ2v) is 11.7. The molecule has 0 N–H and O–H groups in total. The lowest BCUT2D eigenvalue weighted by atomic mass is 9.91. The van der Waals surface area contributed by atoms with Crippen LogP contribution in [0, 0.1) is 0 Å². The Morgan fingerprint density at radius 3 is 1.59 bits per heavy atom. The molecule has 2 unspecified atom stereocenters. The molecular weight excluding hydrogens is 492 g/mol. The van der Waals surface area contributed by atoms with Crippen LogP contribution in [0.25, 0.3) is 55.0 Å². The summed E-state index contributed by atoms with van der Waals surface area (Å²) in [5.41, 5.74) is 9.01. The molecule has 5 aromatic carbocycles. The molecule has 39 heavy (non-hydrogen) atoms. The number of hydrogen-bond acceptors (Lipinski definition) is 1. The van der Waals surface area contributed by atoms with E-state index < -0.39 is 0 Å². The third kappa shape index (κ3) is 2.94. The van der Waals surface area contributed by atoms with E-state index in [9.17, 15) is 0 Å². The Morgan fingerprint density at radius 1 is 0.513 bits per heavy atom. The minimum atomic E-state index is 0.331. The van der Waals surface area contributed by atoms with Crippen LogP contribution >= 0.6 is 11.8 Å². The van der Waals surface area contributed by atoms with Gasteiger partial charge in [0.05, 0.1) is 27.8 Å². The Kier molecular flexibility index (Phi) is 4.41. The molecule has 7 aromatic rings. The number of hydrogen-bond donors (Lipinski definition) is 0. The number of benzene rings is 5. The Bertz CT molecular complexity index is 2070. The highest BCUT2D eigenvalue weighted by molar-refractivity contribution is 8.00. The van der Waals surface area contributed by atoms with Crippen molar-refractivity contribution in [3.05, 3.63) is 139 Å². The van der Waals surface area contributed by atoms with E-state index in [2.05, 4.69) is 143 Å². The molecule has 2 atom stereocenters. The third-order valence-corrected chi connectivity index (χ3v) is 9.86. The van der Waals surface area contributed by atoms with Crippen molar-refractivity contribution in [1.29, 1.82) is 0 Å². The standard InChI is InChI=1S/C36H24N2S/c1-5-15-30-24(10-1)25-11-2-6-16-31(25)37(30)23-20-21-35-29(22-23)28-14-9-19-34(36(28)39-35)38-32-17-7-3-12-26(32)27-13-4-8-18-33(27)38/h1-22,29,35H. The molecule has 1 aliphatic carbocycles. The van der Waals surface area contributed by atoms with Gasteiger partial charge in [-0.2, -0.15) is 0 Å². The Balaban J connectivity index is 1.25. The quantitative estimate of drug-likeness (QED) is 0.222. The normalized spacial score (nSPS) is 18.2. The van der Waals surface area contributed by atoms with Gasteiger partial charge in [-0.15, -0.1) is 11.8 Å². The molecule has 0 saturated heterocycles. The minimum absolute atomic E-state index is 0.331. The molecule has 1 aliphatic heterocycles. The van der Waals surface area contributed by atoms with Crippen molar-refractivity contribution in [2.75, 3.05) is 0 Å². The van der Waals surface area contributed by atoms with Gasteiger partial charge in [0.25, 0.3) is 0 Å². The molecule has 0 fully saturated rings. The molecule has 0 bridgehead atoms. The number of aromatic nitrogens is 2. The van der Waals surface area contributed by atoms with Crippen molar-refractivity contribution in [2.45, 2.75) is 16.1 Å². The van der Waals surface area contributed by atoms with Gasteiger partial charge in [0.1, 0.15) is 0 Å². The van der Waals surface area contributed by atoms with Crippen LogP contribution in [0.3, 0.4) is 0 Å². The van der Waals surface area contributed by atoms with Gasteiger partial charge in [-0.1, -0.05) is 97.1 Å². The van der Waals surface area contributed by atoms with E-state index >= 15 is 0 Å². The fourth-order valence-electron chi connectivity index (χ4n) is 6.80. The molecular formula is C36H24N2S. The van der Waals surface area contributed by atoms with Crippen LogP contribution < -0.4 is 0 Å². The van der Waals surface area contributed by atoms with Crippen LogP contribution in [0.1, 0.15) is 11.5 Å². The van der Waals surface area contributed by atoms with Crippen molar-refractivity contribution >= 4 is 61.1 Å². The van der Waals surface area contributed by atoms with Crippen molar-refractivity contribution in [2.24, 2.45) is 0 Å². The minimum Gasteiger partial charge on any atom is -0.310 e. The fourth-order valence-corrected chi connectivity index (χ4v) is 8.23. The summed E-state index contributed by atoms with van der Waals surface area (Å²) in [7, 11) is 0. The van der Waals surface area contributed by atoms with E-state index in [0.29, 0.717) is 11.2 Å². The average Bonchev–Trinajstić information content (AvgIpc) is 3.65. The molecule has 3 heterocycles. The maximum Gasteiger partial charge on any atom is 0.0601 e. The maximum absolute atomic E-state index is 2.50. The van der Waals surface area contributed by atoms with Gasteiger partial charge in [0.15, 0.2) is 0 Å². The zero-order valence-electron chi connectivity index (χ0n) is 21.2. The smallest absolute Gasteiger partial charge is 0.0601 e. The van der Waals surface area contributed by atoms with Crippen LogP contribution in [0.4, 0.5) is 0 Å². The Labute approximate surface area is 230 Å². The molecule has 0 radical (unpaired) electrons. The molecule has 184 valence electrons. The number of fused-ring (bicyclic) bond motifs is 9. The highest BCUT2D eigenvalue weighted by Gasteiger charge is 2.35. The summed E-state index contributed by atoms with van der Waals surface area (Å²) < 4.78 is 4.91. The van der Waals surface area contributed by atoms with E-state index in [0.717, 1.165) is 0 Å². The summed E-state index contributed by atoms with van der Waals surface area (Å²) in [4.78, 5) is 1.39. The first-order valence-electron chi connectivity index (χ1n) is 13.5. The highest BCUT2D eigenvalue weighted by Crippen LogP contribution is 2.52. The number of thioether (sulfide) groups is 1. The number of nitrogens with zero attached hydrogens (tertiary/aromatic N) is 2. The van der Waals surface area contributed by atoms with E-state index in [1.54, 1.807) is 0 Å². The molecule has 9 rings (SSSR count). The predicted molar refractivity (Wildman–Crippen MR) is 166 cm³/mol. The van der Waals surface area contributed by atoms with Gasteiger partial charge in [-0.3, -0.25) is 0 Å². The van der Waals surface area contributed by atoms with Gasteiger partial charge in [-0.25, -0.2) is 0 Å². The molecule has 0 spiro atoms. The van der Waals surface area contributed by atoms with Crippen molar-refractivity contribution < 1.29 is 0 Å². The van der Waals surface area contributed by atoms with Crippen molar-refractivity contribution in [3.63, 3.8) is 0 Å². The largest absolute Gasteiger partial charge is 0.310 e. The first kappa shape index (κ1) is 21.5. The fraction of sp³-hybridized carbons (Fsp3) is 0.0556. The summed E-state index contributed by atoms with van der Waals surface area (Å²) in [5.74, 6) is 0.331. The van der Waals surface area contributed by atoms with Crippen LogP contribution in [-0.4, -0.2) is 14.4 Å². The SMILES string of the molecule is C1=CC2Sc3c(cccc3-n3c4ccccc4c4ccccc43)C2C=C1n1c2ccccc2c2ccccc21. The number of allylic oxidation sites excluding steroid dienone is 3. The average molecular weight is 517 g/mol. The van der Waals surface area contributed by atoms with Gasteiger partial charge >= 0.3 is 0 Å². The molecule has 0 amide bonds. The highest BCUT2D eigenvalue weighted by atomic mass is 32.2. The van der Waals surface area contributed by atoms with E-state index in [1.807, 2.05) is 11.8 Å². The van der Waals surface area contributed by atoms with Crippen LogP contribution in [0.15, 0.2) is 138 Å². The zero-order valence-corrected chi connectivity index (χ0v) is 22.0. The summed E-state index contributed by atoms with van der Waals surface area (Å²) >= 11 is 2.01. The molecule has 0 saturated carbocycles. The lowest BCUT2D eigenvalue weighted by molar-refractivity contribution is 0.872. The topological polar surface area (TPSA) is 9.86 Å². The lowest BCUT2D eigenvalue weighted by Crippen LogP contribution is -2.11. The Morgan fingerprint density at radius 2 is 1.03 bits per heavy atom. The van der Waals surface area contributed by atoms with Crippen LogP contribution in [-0.2, 0) is 0 Å². The summed E-state index contributed by atoms with van der Waals surface area (Å²) in [6.07, 6.45) is 7.25. The molecule has 2 aliphatic rings.